The van der Waals surface area contributed by atoms with Crippen molar-refractivity contribution in [1.29, 1.82) is 0 Å². The standard InChI is InChI=1S/C19H25N3O3/c1-14-20-7-9-22(14)8-3-4-19(23)21-12-15-10-16-5-6-17(24-2)11-18(16)25-13-15/h5-7,9,11,15H,3-4,8,10,12-13H2,1-2H3,(H,21,23). The van der Waals surface area contributed by atoms with Crippen molar-refractivity contribution in [2.45, 2.75) is 32.7 Å². The molecule has 1 aromatic carbocycles. The number of ether oxygens (including phenoxy) is 2. The second-order valence-electron chi connectivity index (χ2n) is 6.43. The molecule has 0 bridgehead atoms. The van der Waals surface area contributed by atoms with Gasteiger partial charge in [-0.3, -0.25) is 4.79 Å². The van der Waals surface area contributed by atoms with E-state index in [2.05, 4.69) is 14.9 Å². The van der Waals surface area contributed by atoms with Crippen LogP contribution in [-0.4, -0.2) is 35.7 Å². The fraction of sp³-hybridized carbons (Fsp3) is 0.474. The van der Waals surface area contributed by atoms with Gasteiger partial charge in [-0.2, -0.15) is 0 Å². The third-order valence-electron chi connectivity index (χ3n) is 4.57. The second kappa shape index (κ2) is 8.05. The Morgan fingerprint density at radius 1 is 1.48 bits per heavy atom. The summed E-state index contributed by atoms with van der Waals surface area (Å²) in [5.74, 6) is 3.07. The summed E-state index contributed by atoms with van der Waals surface area (Å²) in [5, 5.41) is 3.03. The zero-order chi connectivity index (χ0) is 17.6. The van der Waals surface area contributed by atoms with Gasteiger partial charge in [0, 0.05) is 43.9 Å². The van der Waals surface area contributed by atoms with Gasteiger partial charge in [-0.05, 0) is 31.4 Å². The topological polar surface area (TPSA) is 65.4 Å². The normalized spacial score (nSPS) is 16.0. The summed E-state index contributed by atoms with van der Waals surface area (Å²) in [6.45, 7) is 4.06. The van der Waals surface area contributed by atoms with Gasteiger partial charge < -0.3 is 19.4 Å². The molecule has 1 aliphatic rings. The predicted molar refractivity (Wildman–Crippen MR) is 94.9 cm³/mol. The minimum absolute atomic E-state index is 0.0956. The monoisotopic (exact) mass is 343 g/mol. The maximum atomic E-state index is 12.0. The Hall–Kier alpha value is -2.50. The Morgan fingerprint density at radius 3 is 3.12 bits per heavy atom. The number of nitrogens with zero attached hydrogens (tertiary/aromatic N) is 2. The number of fused-ring (bicyclic) bond motifs is 1. The molecule has 134 valence electrons. The molecule has 0 aliphatic carbocycles. The molecule has 1 N–H and O–H groups in total. The number of nitrogens with one attached hydrogen (secondary N) is 1. The van der Waals surface area contributed by atoms with Crippen molar-refractivity contribution in [1.82, 2.24) is 14.9 Å². The van der Waals surface area contributed by atoms with Crippen molar-refractivity contribution in [2.75, 3.05) is 20.3 Å². The minimum Gasteiger partial charge on any atom is -0.497 e. The van der Waals surface area contributed by atoms with Crippen LogP contribution in [0.1, 0.15) is 24.2 Å². The first-order valence-corrected chi connectivity index (χ1v) is 8.70. The smallest absolute Gasteiger partial charge is 0.220 e. The molecule has 1 amide bonds. The van der Waals surface area contributed by atoms with Crippen molar-refractivity contribution < 1.29 is 14.3 Å². The zero-order valence-corrected chi connectivity index (χ0v) is 14.8. The lowest BCUT2D eigenvalue weighted by Gasteiger charge is -2.25. The lowest BCUT2D eigenvalue weighted by Crippen LogP contribution is -2.34. The van der Waals surface area contributed by atoms with Gasteiger partial charge in [0.15, 0.2) is 0 Å². The highest BCUT2D eigenvalue weighted by Gasteiger charge is 2.20. The number of hydrogen-bond donors (Lipinski definition) is 1. The fourth-order valence-corrected chi connectivity index (χ4v) is 3.07. The van der Waals surface area contributed by atoms with Crippen LogP contribution in [0.25, 0.3) is 0 Å². The molecule has 0 saturated heterocycles. The third-order valence-corrected chi connectivity index (χ3v) is 4.57. The number of methoxy groups -OCH3 is 1. The molecule has 1 aromatic heterocycles. The molecule has 6 heteroatoms. The van der Waals surface area contributed by atoms with Crippen LogP contribution in [0.15, 0.2) is 30.6 Å². The third kappa shape index (κ3) is 4.53. The van der Waals surface area contributed by atoms with Gasteiger partial charge in [-0.25, -0.2) is 4.98 Å². The molecule has 25 heavy (non-hydrogen) atoms. The highest BCUT2D eigenvalue weighted by Crippen LogP contribution is 2.30. The van der Waals surface area contributed by atoms with Crippen LogP contribution < -0.4 is 14.8 Å². The Balaban J connectivity index is 1.40. The van der Waals surface area contributed by atoms with E-state index in [0.29, 0.717) is 25.5 Å². The summed E-state index contributed by atoms with van der Waals surface area (Å²) in [7, 11) is 1.65. The number of aryl methyl sites for hydroxylation is 2. The summed E-state index contributed by atoms with van der Waals surface area (Å²) < 4.78 is 13.1. The Labute approximate surface area is 148 Å². The first-order chi connectivity index (χ1) is 12.2. The highest BCUT2D eigenvalue weighted by molar-refractivity contribution is 5.75. The fourth-order valence-electron chi connectivity index (χ4n) is 3.07. The van der Waals surface area contributed by atoms with Crippen LogP contribution in [0, 0.1) is 12.8 Å². The van der Waals surface area contributed by atoms with E-state index in [9.17, 15) is 4.79 Å². The van der Waals surface area contributed by atoms with Crippen LogP contribution >= 0.6 is 0 Å². The Kier molecular flexibility index (Phi) is 5.58. The van der Waals surface area contributed by atoms with Crippen LogP contribution in [0.2, 0.25) is 0 Å². The number of aromatic nitrogens is 2. The quantitative estimate of drug-likeness (QED) is 0.838. The van der Waals surface area contributed by atoms with Crippen LogP contribution in [0.4, 0.5) is 0 Å². The van der Waals surface area contributed by atoms with E-state index in [-0.39, 0.29) is 5.91 Å². The molecule has 2 heterocycles. The molecule has 0 radical (unpaired) electrons. The molecule has 3 rings (SSSR count). The van der Waals surface area contributed by atoms with E-state index in [1.165, 1.54) is 5.56 Å². The minimum atomic E-state index is 0.0956. The van der Waals surface area contributed by atoms with Crippen molar-refractivity contribution in [3.8, 4) is 11.5 Å². The lowest BCUT2D eigenvalue weighted by molar-refractivity contribution is -0.121. The average molecular weight is 343 g/mol. The summed E-state index contributed by atoms with van der Waals surface area (Å²) in [6, 6.07) is 5.90. The number of amides is 1. The number of benzene rings is 1. The maximum absolute atomic E-state index is 12.0. The molecular weight excluding hydrogens is 318 g/mol. The van der Waals surface area contributed by atoms with E-state index in [4.69, 9.17) is 9.47 Å². The molecule has 1 unspecified atom stereocenters. The molecule has 0 spiro atoms. The van der Waals surface area contributed by atoms with Gasteiger partial charge >= 0.3 is 0 Å². The number of imidazole rings is 1. The van der Waals surface area contributed by atoms with Crippen molar-refractivity contribution >= 4 is 5.91 Å². The highest BCUT2D eigenvalue weighted by atomic mass is 16.5. The largest absolute Gasteiger partial charge is 0.497 e. The lowest BCUT2D eigenvalue weighted by atomic mass is 9.96. The molecule has 1 atom stereocenters. The molecule has 6 nitrogen and oxygen atoms in total. The Morgan fingerprint density at radius 2 is 2.36 bits per heavy atom. The zero-order valence-electron chi connectivity index (χ0n) is 14.8. The van der Waals surface area contributed by atoms with Gasteiger partial charge in [0.25, 0.3) is 0 Å². The molecular formula is C19H25N3O3. The Bertz CT molecular complexity index is 726. The number of rotatable bonds is 7. The molecule has 0 saturated carbocycles. The number of hydrogen-bond acceptors (Lipinski definition) is 4. The van der Waals surface area contributed by atoms with Crippen LogP contribution in [-0.2, 0) is 17.8 Å². The van der Waals surface area contributed by atoms with Gasteiger partial charge in [-0.1, -0.05) is 6.07 Å². The van der Waals surface area contributed by atoms with Crippen molar-refractivity contribution in [3.63, 3.8) is 0 Å². The van der Waals surface area contributed by atoms with Gasteiger partial charge in [0.1, 0.15) is 17.3 Å². The van der Waals surface area contributed by atoms with E-state index < -0.39 is 0 Å². The van der Waals surface area contributed by atoms with Crippen LogP contribution in [0.3, 0.4) is 0 Å². The van der Waals surface area contributed by atoms with E-state index in [1.54, 1.807) is 13.3 Å². The van der Waals surface area contributed by atoms with Crippen LogP contribution in [0.5, 0.6) is 11.5 Å². The van der Waals surface area contributed by atoms with E-state index in [1.807, 2.05) is 31.3 Å². The van der Waals surface area contributed by atoms with Gasteiger partial charge in [-0.15, -0.1) is 0 Å². The first kappa shape index (κ1) is 17.3. The van der Waals surface area contributed by atoms with E-state index >= 15 is 0 Å². The summed E-state index contributed by atoms with van der Waals surface area (Å²) in [6.07, 6.45) is 5.98. The summed E-state index contributed by atoms with van der Waals surface area (Å²) in [5.41, 5.74) is 1.17. The van der Waals surface area contributed by atoms with Gasteiger partial charge in [0.2, 0.25) is 5.91 Å². The number of carbonyl (C=O) groups is 1. The van der Waals surface area contributed by atoms with Gasteiger partial charge in [0.05, 0.1) is 13.7 Å². The second-order valence-corrected chi connectivity index (χ2v) is 6.43. The molecule has 0 fully saturated rings. The summed E-state index contributed by atoms with van der Waals surface area (Å²) >= 11 is 0. The van der Waals surface area contributed by atoms with Crippen molar-refractivity contribution in [2.24, 2.45) is 5.92 Å². The SMILES string of the molecule is COc1ccc2c(c1)OCC(CNC(=O)CCCn1ccnc1C)C2. The van der Waals surface area contributed by atoms with E-state index in [0.717, 1.165) is 36.7 Å². The number of carbonyl (C=O) groups excluding carboxylic acids is 1. The maximum Gasteiger partial charge on any atom is 0.220 e. The first-order valence-electron chi connectivity index (χ1n) is 8.70. The predicted octanol–water partition coefficient (Wildman–Crippen LogP) is 2.35. The molecule has 2 aromatic rings. The van der Waals surface area contributed by atoms with Crippen molar-refractivity contribution in [3.05, 3.63) is 42.0 Å². The average Bonchev–Trinajstić information content (AvgIpc) is 3.04. The molecule has 1 aliphatic heterocycles. The summed E-state index contributed by atoms with van der Waals surface area (Å²) in [4.78, 5) is 16.2.